The van der Waals surface area contributed by atoms with Crippen molar-refractivity contribution in [1.82, 2.24) is 0 Å². The zero-order valence-electron chi connectivity index (χ0n) is 12.4. The van der Waals surface area contributed by atoms with Crippen LogP contribution in [0.5, 0.6) is 0 Å². The van der Waals surface area contributed by atoms with E-state index in [1.165, 1.54) is 37.7 Å². The maximum atomic E-state index is 10.5. The lowest BCUT2D eigenvalue weighted by Crippen LogP contribution is -2.34. The summed E-state index contributed by atoms with van der Waals surface area (Å²) in [5, 5.41) is 10.5. The van der Waals surface area contributed by atoms with Crippen LogP contribution in [0.2, 0.25) is 0 Å². The third-order valence-electron chi connectivity index (χ3n) is 5.10. The Morgan fingerprint density at radius 1 is 1.20 bits per heavy atom. The maximum absolute atomic E-state index is 10.5. The number of aryl methyl sites for hydroxylation is 1. The largest absolute Gasteiger partial charge is 0.386 e. The highest BCUT2D eigenvalue weighted by Crippen LogP contribution is 2.35. The first-order valence-corrected chi connectivity index (χ1v) is 8.19. The Bertz CT molecular complexity index is 443. The standard InChI is InChI=1S/C18H26O2/c1-2-13-6-5-8-15(12-13)20-17-11-10-14-7-3-4-9-16(14)18(17)19/h3-4,7,9,13,15,17-19H,2,5-6,8,10-12H2,1H3. The molecule has 0 bridgehead atoms. The van der Waals surface area contributed by atoms with Gasteiger partial charge in [-0.25, -0.2) is 0 Å². The first-order chi connectivity index (χ1) is 9.78. The number of benzene rings is 1. The Balaban J connectivity index is 1.64. The van der Waals surface area contributed by atoms with E-state index >= 15 is 0 Å². The first-order valence-electron chi connectivity index (χ1n) is 8.19. The summed E-state index contributed by atoms with van der Waals surface area (Å²) in [7, 11) is 0. The van der Waals surface area contributed by atoms with Crippen molar-refractivity contribution >= 4 is 0 Å². The summed E-state index contributed by atoms with van der Waals surface area (Å²) in [4.78, 5) is 0. The molecule has 0 spiro atoms. The third-order valence-corrected chi connectivity index (χ3v) is 5.10. The number of fused-ring (bicyclic) bond motifs is 1. The quantitative estimate of drug-likeness (QED) is 0.902. The van der Waals surface area contributed by atoms with E-state index in [1.54, 1.807) is 0 Å². The summed E-state index contributed by atoms with van der Waals surface area (Å²) in [6.07, 6.45) is 8.13. The molecule has 1 saturated carbocycles. The van der Waals surface area contributed by atoms with Crippen molar-refractivity contribution in [3.8, 4) is 0 Å². The molecule has 2 aliphatic rings. The SMILES string of the molecule is CCC1CCCC(OC2CCc3ccccc3C2O)C1. The van der Waals surface area contributed by atoms with Gasteiger partial charge in [0, 0.05) is 0 Å². The lowest BCUT2D eigenvalue weighted by molar-refractivity contribution is -0.102. The molecular formula is C18H26O2. The molecule has 2 heteroatoms. The van der Waals surface area contributed by atoms with Crippen LogP contribution in [0.3, 0.4) is 0 Å². The molecule has 20 heavy (non-hydrogen) atoms. The Morgan fingerprint density at radius 3 is 2.90 bits per heavy atom. The van der Waals surface area contributed by atoms with Gasteiger partial charge in [-0.05, 0) is 42.7 Å². The van der Waals surface area contributed by atoms with Crippen LogP contribution in [0.25, 0.3) is 0 Å². The van der Waals surface area contributed by atoms with Crippen molar-refractivity contribution in [2.45, 2.75) is 70.2 Å². The molecule has 2 aliphatic carbocycles. The minimum absolute atomic E-state index is 0.00879. The third kappa shape index (κ3) is 2.91. The second-order valence-electron chi connectivity index (χ2n) is 6.42. The Kier molecular flexibility index (Phi) is 4.42. The molecule has 110 valence electrons. The van der Waals surface area contributed by atoms with Crippen molar-refractivity contribution in [2.75, 3.05) is 0 Å². The van der Waals surface area contributed by atoms with Gasteiger partial charge < -0.3 is 9.84 Å². The van der Waals surface area contributed by atoms with Crippen molar-refractivity contribution in [1.29, 1.82) is 0 Å². The number of rotatable bonds is 3. The van der Waals surface area contributed by atoms with Crippen molar-refractivity contribution in [3.05, 3.63) is 35.4 Å². The van der Waals surface area contributed by atoms with Gasteiger partial charge in [0.25, 0.3) is 0 Å². The highest BCUT2D eigenvalue weighted by atomic mass is 16.5. The molecule has 0 aliphatic heterocycles. The number of aliphatic hydroxyl groups excluding tert-OH is 1. The normalized spacial score (nSPS) is 33.7. The minimum Gasteiger partial charge on any atom is -0.386 e. The Morgan fingerprint density at radius 2 is 2.05 bits per heavy atom. The van der Waals surface area contributed by atoms with E-state index in [0.717, 1.165) is 24.3 Å². The lowest BCUT2D eigenvalue weighted by atomic mass is 9.84. The Labute approximate surface area is 122 Å². The highest BCUT2D eigenvalue weighted by Gasteiger charge is 2.32. The van der Waals surface area contributed by atoms with Gasteiger partial charge in [0.2, 0.25) is 0 Å². The molecule has 0 amide bonds. The number of aliphatic hydroxyl groups is 1. The smallest absolute Gasteiger partial charge is 0.105 e. The van der Waals surface area contributed by atoms with E-state index < -0.39 is 6.10 Å². The molecule has 1 aromatic carbocycles. The van der Waals surface area contributed by atoms with Crippen LogP contribution >= 0.6 is 0 Å². The average molecular weight is 274 g/mol. The summed E-state index contributed by atoms with van der Waals surface area (Å²) < 4.78 is 6.28. The van der Waals surface area contributed by atoms with Gasteiger partial charge >= 0.3 is 0 Å². The topological polar surface area (TPSA) is 29.5 Å². The zero-order valence-corrected chi connectivity index (χ0v) is 12.4. The number of ether oxygens (including phenoxy) is 1. The van der Waals surface area contributed by atoms with E-state index in [0.29, 0.717) is 6.10 Å². The number of hydrogen-bond acceptors (Lipinski definition) is 2. The average Bonchev–Trinajstić information content (AvgIpc) is 2.50. The monoisotopic (exact) mass is 274 g/mol. The Hall–Kier alpha value is -0.860. The van der Waals surface area contributed by atoms with Crippen LogP contribution in [-0.2, 0) is 11.2 Å². The van der Waals surface area contributed by atoms with E-state index in [4.69, 9.17) is 4.74 Å². The molecule has 1 fully saturated rings. The molecule has 4 unspecified atom stereocenters. The molecule has 0 heterocycles. The van der Waals surface area contributed by atoms with Gasteiger partial charge in [0.15, 0.2) is 0 Å². The molecule has 4 atom stereocenters. The van der Waals surface area contributed by atoms with E-state index in [-0.39, 0.29) is 6.10 Å². The second-order valence-corrected chi connectivity index (χ2v) is 6.42. The van der Waals surface area contributed by atoms with Crippen LogP contribution < -0.4 is 0 Å². The minimum atomic E-state index is -0.443. The van der Waals surface area contributed by atoms with E-state index in [2.05, 4.69) is 19.1 Å². The van der Waals surface area contributed by atoms with Crippen molar-refractivity contribution in [2.24, 2.45) is 5.92 Å². The van der Waals surface area contributed by atoms with Crippen molar-refractivity contribution < 1.29 is 9.84 Å². The molecule has 1 N–H and O–H groups in total. The maximum Gasteiger partial charge on any atom is 0.105 e. The summed E-state index contributed by atoms with van der Waals surface area (Å²) in [5.41, 5.74) is 2.36. The van der Waals surface area contributed by atoms with Gasteiger partial charge in [-0.1, -0.05) is 50.5 Å². The second kappa shape index (κ2) is 6.28. The summed E-state index contributed by atoms with van der Waals surface area (Å²) in [6, 6.07) is 8.24. The molecule has 0 radical (unpaired) electrons. The fourth-order valence-electron chi connectivity index (χ4n) is 3.83. The van der Waals surface area contributed by atoms with Gasteiger partial charge in [0.05, 0.1) is 12.2 Å². The predicted octanol–water partition coefficient (Wildman–Crippen LogP) is 4.02. The number of hydrogen-bond donors (Lipinski definition) is 1. The van der Waals surface area contributed by atoms with E-state index in [1.807, 2.05) is 12.1 Å². The van der Waals surface area contributed by atoms with Gasteiger partial charge in [0.1, 0.15) is 6.10 Å². The predicted molar refractivity (Wildman–Crippen MR) is 80.6 cm³/mol. The van der Waals surface area contributed by atoms with Crippen LogP contribution in [0.15, 0.2) is 24.3 Å². The highest BCUT2D eigenvalue weighted by molar-refractivity contribution is 5.32. The van der Waals surface area contributed by atoms with Gasteiger partial charge in [-0.2, -0.15) is 0 Å². The first kappa shape index (κ1) is 14.1. The molecule has 1 aromatic rings. The van der Waals surface area contributed by atoms with Gasteiger partial charge in [-0.3, -0.25) is 0 Å². The summed E-state index contributed by atoms with van der Waals surface area (Å²) in [6.45, 7) is 2.28. The zero-order chi connectivity index (χ0) is 13.9. The molecular weight excluding hydrogens is 248 g/mol. The molecule has 0 saturated heterocycles. The fourth-order valence-corrected chi connectivity index (χ4v) is 3.83. The van der Waals surface area contributed by atoms with E-state index in [9.17, 15) is 5.11 Å². The lowest BCUT2D eigenvalue weighted by Gasteiger charge is -2.36. The fraction of sp³-hybridized carbons (Fsp3) is 0.667. The van der Waals surface area contributed by atoms with Crippen LogP contribution in [0.1, 0.15) is 62.7 Å². The molecule has 0 aromatic heterocycles. The van der Waals surface area contributed by atoms with Crippen molar-refractivity contribution in [3.63, 3.8) is 0 Å². The van der Waals surface area contributed by atoms with Gasteiger partial charge in [-0.15, -0.1) is 0 Å². The summed E-state index contributed by atoms with van der Waals surface area (Å²) >= 11 is 0. The van der Waals surface area contributed by atoms with Crippen LogP contribution in [0.4, 0.5) is 0 Å². The summed E-state index contributed by atoms with van der Waals surface area (Å²) in [5.74, 6) is 0.821. The van der Waals surface area contributed by atoms with Crippen LogP contribution in [-0.4, -0.2) is 17.3 Å². The molecule has 3 rings (SSSR count). The molecule has 2 nitrogen and oxygen atoms in total. The van der Waals surface area contributed by atoms with Crippen LogP contribution in [0, 0.1) is 5.92 Å².